The number of benzene rings is 1. The van der Waals surface area contributed by atoms with E-state index >= 15 is 0 Å². The highest BCUT2D eigenvalue weighted by atomic mass is 19.1. The molecular weight excluding hydrogens is 345 g/mol. The molecule has 1 aliphatic carbocycles. The Hall–Kier alpha value is -1.50. The van der Waals surface area contributed by atoms with Gasteiger partial charge in [-0.3, -0.25) is 9.69 Å². The molecule has 1 aromatic carbocycles. The van der Waals surface area contributed by atoms with Gasteiger partial charge in [-0.25, -0.2) is 4.39 Å². The van der Waals surface area contributed by atoms with Gasteiger partial charge in [0.1, 0.15) is 5.82 Å². The van der Waals surface area contributed by atoms with Crippen molar-refractivity contribution in [3.63, 3.8) is 0 Å². The normalized spacial score (nSPS) is 29.9. The van der Waals surface area contributed by atoms with Crippen LogP contribution in [0.5, 0.6) is 0 Å². The molecule has 2 N–H and O–H groups in total. The zero-order chi connectivity index (χ0) is 18.7. The lowest BCUT2D eigenvalue weighted by atomic mass is 9.67. The van der Waals surface area contributed by atoms with Gasteiger partial charge in [-0.1, -0.05) is 25.0 Å². The summed E-state index contributed by atoms with van der Waals surface area (Å²) < 4.78 is 18.9. The highest BCUT2D eigenvalue weighted by Gasteiger charge is 2.49. The molecule has 1 aromatic rings. The van der Waals surface area contributed by atoms with E-state index in [1.165, 1.54) is 18.6 Å². The second kappa shape index (κ2) is 8.25. The summed E-state index contributed by atoms with van der Waals surface area (Å²) in [6.07, 6.45) is 4.49. The summed E-state index contributed by atoms with van der Waals surface area (Å²) in [5.41, 5.74) is 0.803. The van der Waals surface area contributed by atoms with Gasteiger partial charge in [0.2, 0.25) is 5.91 Å². The molecular formula is C21H30FN3O2. The summed E-state index contributed by atoms with van der Waals surface area (Å²) >= 11 is 0. The summed E-state index contributed by atoms with van der Waals surface area (Å²) in [4.78, 5) is 15.6. The molecule has 1 saturated carbocycles. The van der Waals surface area contributed by atoms with Crippen LogP contribution in [-0.4, -0.2) is 56.7 Å². The monoisotopic (exact) mass is 375 g/mol. The second-order valence-corrected chi connectivity index (χ2v) is 8.16. The minimum Gasteiger partial charge on any atom is -0.379 e. The van der Waals surface area contributed by atoms with E-state index in [9.17, 15) is 9.18 Å². The van der Waals surface area contributed by atoms with Gasteiger partial charge in [0, 0.05) is 26.2 Å². The Morgan fingerprint density at radius 3 is 2.85 bits per heavy atom. The van der Waals surface area contributed by atoms with Crippen molar-refractivity contribution < 1.29 is 13.9 Å². The summed E-state index contributed by atoms with van der Waals surface area (Å²) in [5.74, 6) is 0.418. The third-order valence-corrected chi connectivity index (χ3v) is 6.69. The molecule has 1 unspecified atom stereocenters. The first-order chi connectivity index (χ1) is 13.2. The van der Waals surface area contributed by atoms with Crippen molar-refractivity contribution in [2.24, 2.45) is 11.3 Å². The van der Waals surface area contributed by atoms with Crippen LogP contribution in [0.2, 0.25) is 0 Å². The molecule has 5 nitrogen and oxygen atoms in total. The van der Waals surface area contributed by atoms with Crippen molar-refractivity contribution in [1.82, 2.24) is 15.5 Å². The lowest BCUT2D eigenvalue weighted by molar-refractivity contribution is -0.134. The van der Waals surface area contributed by atoms with E-state index in [2.05, 4.69) is 15.5 Å². The Bertz CT molecular complexity index is 647. The van der Waals surface area contributed by atoms with Gasteiger partial charge in [0.05, 0.1) is 24.7 Å². The lowest BCUT2D eigenvalue weighted by Crippen LogP contribution is -2.50. The minimum absolute atomic E-state index is 0.0475. The number of rotatable bonds is 5. The van der Waals surface area contributed by atoms with Crippen molar-refractivity contribution in [2.45, 2.75) is 31.7 Å². The maximum absolute atomic E-state index is 13.4. The fourth-order valence-electron chi connectivity index (χ4n) is 5.09. The number of nitrogens with one attached hydrogen (secondary N) is 2. The summed E-state index contributed by atoms with van der Waals surface area (Å²) in [6.45, 7) is 5.35. The van der Waals surface area contributed by atoms with Gasteiger partial charge in [-0.15, -0.1) is 0 Å². The molecule has 1 amide bonds. The largest absolute Gasteiger partial charge is 0.379 e. The third kappa shape index (κ3) is 3.89. The Balaban J connectivity index is 1.48. The number of carbonyl (C=O) groups is 1. The van der Waals surface area contributed by atoms with E-state index in [0.29, 0.717) is 25.7 Å². The van der Waals surface area contributed by atoms with Gasteiger partial charge in [-0.2, -0.15) is 0 Å². The first-order valence-electron chi connectivity index (χ1n) is 10.3. The maximum atomic E-state index is 13.4. The quantitative estimate of drug-likeness (QED) is 0.828. The van der Waals surface area contributed by atoms with E-state index in [-0.39, 0.29) is 23.2 Å². The van der Waals surface area contributed by atoms with E-state index in [0.717, 1.165) is 51.0 Å². The minimum atomic E-state index is -0.239. The summed E-state index contributed by atoms with van der Waals surface area (Å²) in [7, 11) is 0. The smallest absolute Gasteiger partial charge is 0.227 e. The Morgan fingerprint density at radius 1 is 1.30 bits per heavy atom. The predicted molar refractivity (Wildman–Crippen MR) is 102 cm³/mol. The van der Waals surface area contributed by atoms with Crippen LogP contribution >= 0.6 is 0 Å². The fraction of sp³-hybridized carbons (Fsp3) is 0.667. The Labute approximate surface area is 160 Å². The van der Waals surface area contributed by atoms with Crippen molar-refractivity contribution in [3.05, 3.63) is 35.6 Å². The molecule has 4 rings (SSSR count). The average Bonchev–Trinajstić information content (AvgIpc) is 3.15. The van der Waals surface area contributed by atoms with E-state index in [1.807, 2.05) is 12.1 Å². The molecule has 3 fully saturated rings. The molecule has 0 bridgehead atoms. The molecule has 0 spiro atoms. The molecule has 3 atom stereocenters. The zero-order valence-electron chi connectivity index (χ0n) is 15.9. The summed E-state index contributed by atoms with van der Waals surface area (Å²) in [5, 5.41) is 6.72. The van der Waals surface area contributed by atoms with Gasteiger partial charge in [0.15, 0.2) is 0 Å². The van der Waals surface area contributed by atoms with Crippen LogP contribution < -0.4 is 10.6 Å². The van der Waals surface area contributed by atoms with Gasteiger partial charge >= 0.3 is 0 Å². The number of nitrogens with zero attached hydrogens (tertiary/aromatic N) is 1. The van der Waals surface area contributed by atoms with E-state index in [4.69, 9.17) is 4.74 Å². The fourth-order valence-corrected chi connectivity index (χ4v) is 5.09. The van der Waals surface area contributed by atoms with Gasteiger partial charge in [0.25, 0.3) is 0 Å². The van der Waals surface area contributed by atoms with Crippen LogP contribution in [0.15, 0.2) is 24.3 Å². The predicted octanol–water partition coefficient (Wildman–Crippen LogP) is 2.09. The molecule has 6 heteroatoms. The number of hydrogen-bond donors (Lipinski definition) is 2. The molecule has 27 heavy (non-hydrogen) atoms. The summed E-state index contributed by atoms with van der Waals surface area (Å²) in [6, 6.07) is 6.72. The number of morpholine rings is 1. The Kier molecular flexibility index (Phi) is 5.76. The Morgan fingerprint density at radius 2 is 2.07 bits per heavy atom. The molecule has 2 heterocycles. The van der Waals surface area contributed by atoms with Crippen LogP contribution in [0, 0.1) is 17.2 Å². The standard InChI is InChI=1S/C21H30FN3O2/c22-18-6-4-16(5-7-18)19(25-9-11-27-12-10-25)14-24-20(26)21-8-2-1-3-17(21)13-23-15-21/h4-7,17,19,23H,1-3,8-15H2,(H,24,26)/t17-,19?,21+/m0/s1. The van der Waals surface area contributed by atoms with E-state index in [1.54, 1.807) is 0 Å². The number of hydrogen-bond acceptors (Lipinski definition) is 4. The topological polar surface area (TPSA) is 53.6 Å². The van der Waals surface area contributed by atoms with Crippen LogP contribution in [-0.2, 0) is 9.53 Å². The number of amides is 1. The lowest BCUT2D eigenvalue weighted by Gasteiger charge is -2.39. The molecule has 0 aromatic heterocycles. The van der Waals surface area contributed by atoms with Gasteiger partial charge in [-0.05, 0) is 43.0 Å². The molecule has 0 radical (unpaired) electrons. The van der Waals surface area contributed by atoms with Crippen molar-refractivity contribution in [3.8, 4) is 0 Å². The van der Waals surface area contributed by atoms with Crippen molar-refractivity contribution in [1.29, 1.82) is 0 Å². The SMILES string of the molecule is O=C(NCC(c1ccc(F)cc1)N1CCOCC1)[C@@]12CCCC[C@H]1CNC2. The number of carbonyl (C=O) groups excluding carboxylic acids is 1. The molecule has 148 valence electrons. The average molecular weight is 375 g/mol. The number of fused-ring (bicyclic) bond motifs is 1. The number of ether oxygens (including phenoxy) is 1. The van der Waals surface area contributed by atoms with Crippen LogP contribution in [0.1, 0.15) is 37.3 Å². The first-order valence-corrected chi connectivity index (χ1v) is 10.3. The molecule has 3 aliphatic rings. The highest BCUT2D eigenvalue weighted by molar-refractivity contribution is 5.84. The number of halogens is 1. The second-order valence-electron chi connectivity index (χ2n) is 8.16. The van der Waals surface area contributed by atoms with Crippen molar-refractivity contribution >= 4 is 5.91 Å². The highest BCUT2D eigenvalue weighted by Crippen LogP contribution is 2.44. The molecule has 2 saturated heterocycles. The van der Waals surface area contributed by atoms with Gasteiger partial charge < -0.3 is 15.4 Å². The van der Waals surface area contributed by atoms with Crippen LogP contribution in [0.3, 0.4) is 0 Å². The third-order valence-electron chi connectivity index (χ3n) is 6.69. The van der Waals surface area contributed by atoms with Crippen molar-refractivity contribution in [2.75, 3.05) is 45.9 Å². The zero-order valence-corrected chi connectivity index (χ0v) is 15.9. The van der Waals surface area contributed by atoms with Crippen LogP contribution in [0.25, 0.3) is 0 Å². The van der Waals surface area contributed by atoms with Crippen LogP contribution in [0.4, 0.5) is 4.39 Å². The maximum Gasteiger partial charge on any atom is 0.227 e. The van der Waals surface area contributed by atoms with E-state index < -0.39 is 0 Å². The molecule has 2 aliphatic heterocycles. The first kappa shape index (κ1) is 18.8.